The molecule has 0 radical (unpaired) electrons. The Morgan fingerprint density at radius 2 is 2.40 bits per heavy atom. The average molecular weight is 135 g/mol. The van der Waals surface area contributed by atoms with Gasteiger partial charge in [0.25, 0.3) is 5.56 Å². The zero-order valence-electron chi connectivity index (χ0n) is 5.09. The van der Waals surface area contributed by atoms with E-state index in [9.17, 15) is 4.79 Å². The van der Waals surface area contributed by atoms with Gasteiger partial charge in [0.15, 0.2) is 0 Å². The van der Waals surface area contributed by atoms with Crippen molar-refractivity contribution in [2.45, 2.75) is 0 Å². The summed E-state index contributed by atoms with van der Waals surface area (Å²) in [6.07, 6.45) is 3.30. The number of fused-ring (bicyclic) bond motifs is 1. The second kappa shape index (κ2) is 1.70. The first kappa shape index (κ1) is 5.22. The van der Waals surface area contributed by atoms with Crippen molar-refractivity contribution in [1.29, 1.82) is 0 Å². The molecule has 0 aromatic rings. The molecule has 0 aromatic heterocycles. The Morgan fingerprint density at radius 3 is 3.20 bits per heavy atom. The summed E-state index contributed by atoms with van der Waals surface area (Å²) in [6.45, 7) is 0. The van der Waals surface area contributed by atoms with Gasteiger partial charge in [-0.1, -0.05) is 0 Å². The maximum absolute atomic E-state index is 10.9. The van der Waals surface area contributed by atoms with Crippen LogP contribution in [0.5, 0.6) is 0 Å². The van der Waals surface area contributed by atoms with E-state index in [1.807, 2.05) is 0 Å². The zero-order chi connectivity index (χ0) is 6.97. The first-order chi connectivity index (χ1) is 4.88. The standard InChI is InChI=1S/C6H5N3O/c10-6-5-4(1-2-7-5)3-8-9-6/h1-3,8H,(H,9,10). The van der Waals surface area contributed by atoms with E-state index in [0.717, 1.165) is 5.56 Å². The monoisotopic (exact) mass is 135 g/mol. The normalized spacial score (nSPS) is 10.4. The summed E-state index contributed by atoms with van der Waals surface area (Å²) < 4.78 is 0. The number of H-pyrrole nitrogens is 2. The van der Waals surface area contributed by atoms with Gasteiger partial charge in [0.1, 0.15) is 5.69 Å². The second-order valence-corrected chi connectivity index (χ2v) is 1.99. The maximum atomic E-state index is 10.9. The van der Waals surface area contributed by atoms with E-state index in [1.165, 1.54) is 0 Å². The highest BCUT2D eigenvalue weighted by Gasteiger charge is 2.05. The number of hydrogen-bond donors (Lipinski definition) is 2. The SMILES string of the molecule is O=c1[nH][nH]cc2ccnc1-2. The van der Waals surface area contributed by atoms with Gasteiger partial charge in [-0.25, -0.2) is 0 Å². The number of aromatic amines is 2. The molecule has 0 saturated carbocycles. The highest BCUT2D eigenvalue weighted by Crippen LogP contribution is 2.10. The molecule has 4 nitrogen and oxygen atoms in total. The van der Waals surface area contributed by atoms with E-state index in [1.54, 1.807) is 18.5 Å². The van der Waals surface area contributed by atoms with E-state index >= 15 is 0 Å². The lowest BCUT2D eigenvalue weighted by atomic mass is 10.3. The molecule has 2 rings (SSSR count). The van der Waals surface area contributed by atoms with Crippen LogP contribution in [0.15, 0.2) is 23.3 Å². The molecule has 4 heteroatoms. The summed E-state index contributed by atoms with van der Waals surface area (Å²) in [5.74, 6) is 0. The van der Waals surface area contributed by atoms with Gasteiger partial charge in [0.2, 0.25) is 0 Å². The Morgan fingerprint density at radius 1 is 1.50 bits per heavy atom. The molecule has 0 saturated heterocycles. The third-order valence-electron chi connectivity index (χ3n) is 1.36. The minimum Gasteiger partial charge on any atom is -0.305 e. The van der Waals surface area contributed by atoms with Crippen LogP contribution in [0, 0.1) is 0 Å². The average Bonchev–Trinajstić information content (AvgIpc) is 2.36. The summed E-state index contributed by atoms with van der Waals surface area (Å²) in [4.78, 5) is 14.7. The Bertz CT molecular complexity index is 362. The quantitative estimate of drug-likeness (QED) is 0.542. The van der Waals surface area contributed by atoms with Crippen LogP contribution >= 0.6 is 0 Å². The summed E-state index contributed by atoms with van der Waals surface area (Å²) in [5.41, 5.74) is 1.14. The van der Waals surface area contributed by atoms with E-state index in [4.69, 9.17) is 0 Å². The number of hydrogen-bond acceptors (Lipinski definition) is 2. The number of aromatic nitrogens is 3. The molecule has 0 spiro atoms. The van der Waals surface area contributed by atoms with Crippen molar-refractivity contribution in [2.75, 3.05) is 0 Å². The fourth-order valence-electron chi connectivity index (χ4n) is 0.890. The fraction of sp³-hybridized carbons (Fsp3) is 0. The van der Waals surface area contributed by atoms with Gasteiger partial charge in [-0.2, -0.15) is 0 Å². The smallest absolute Gasteiger partial charge is 0.288 e. The molecule has 0 bridgehead atoms. The topological polar surface area (TPSA) is 61.5 Å². The predicted molar refractivity (Wildman–Crippen MR) is 35.8 cm³/mol. The lowest BCUT2D eigenvalue weighted by molar-refractivity contribution is 0.983. The van der Waals surface area contributed by atoms with Crippen LogP contribution in [-0.2, 0) is 0 Å². The van der Waals surface area contributed by atoms with Crippen LogP contribution in [0.4, 0.5) is 0 Å². The number of nitrogens with zero attached hydrogens (tertiary/aromatic N) is 1. The van der Waals surface area contributed by atoms with Crippen LogP contribution in [0.3, 0.4) is 0 Å². The molecule has 2 aliphatic rings. The van der Waals surface area contributed by atoms with E-state index in [0.29, 0.717) is 5.69 Å². The van der Waals surface area contributed by atoms with Gasteiger partial charge in [-0.05, 0) is 6.07 Å². The zero-order valence-corrected chi connectivity index (χ0v) is 5.09. The van der Waals surface area contributed by atoms with Crippen molar-refractivity contribution >= 4 is 0 Å². The van der Waals surface area contributed by atoms with Crippen LogP contribution in [0.1, 0.15) is 0 Å². The van der Waals surface area contributed by atoms with Crippen molar-refractivity contribution in [1.82, 2.24) is 15.2 Å². The molecule has 0 fully saturated rings. The molecule has 2 N–H and O–H groups in total. The molecule has 0 aromatic carbocycles. The van der Waals surface area contributed by atoms with E-state index < -0.39 is 0 Å². The molecule has 0 atom stereocenters. The molecule has 0 unspecified atom stereocenters. The lowest BCUT2D eigenvalue weighted by Crippen LogP contribution is -2.10. The van der Waals surface area contributed by atoms with Crippen molar-refractivity contribution in [3.8, 4) is 11.3 Å². The molecule has 50 valence electrons. The second-order valence-electron chi connectivity index (χ2n) is 1.99. The van der Waals surface area contributed by atoms with Crippen LogP contribution in [-0.4, -0.2) is 15.2 Å². The highest BCUT2D eigenvalue weighted by atomic mass is 16.1. The maximum Gasteiger partial charge on any atom is 0.288 e. The van der Waals surface area contributed by atoms with Gasteiger partial charge in [0.05, 0.1) is 0 Å². The molecule has 0 amide bonds. The van der Waals surface area contributed by atoms with Crippen molar-refractivity contribution in [3.63, 3.8) is 0 Å². The molecular weight excluding hydrogens is 130 g/mol. The van der Waals surface area contributed by atoms with E-state index in [-0.39, 0.29) is 5.56 Å². The third-order valence-corrected chi connectivity index (χ3v) is 1.36. The highest BCUT2D eigenvalue weighted by molar-refractivity contribution is 5.57. The van der Waals surface area contributed by atoms with Gasteiger partial charge in [-0.3, -0.25) is 14.9 Å². The lowest BCUT2D eigenvalue weighted by Gasteiger charge is -1.91. The van der Waals surface area contributed by atoms with Gasteiger partial charge >= 0.3 is 0 Å². The molecule has 0 aliphatic carbocycles. The van der Waals surface area contributed by atoms with Gasteiger partial charge < -0.3 is 5.10 Å². The van der Waals surface area contributed by atoms with Crippen molar-refractivity contribution in [2.24, 2.45) is 0 Å². The first-order valence-corrected chi connectivity index (χ1v) is 2.89. The molecule has 10 heavy (non-hydrogen) atoms. The minimum atomic E-state index is -0.178. The largest absolute Gasteiger partial charge is 0.305 e. The van der Waals surface area contributed by atoms with E-state index in [2.05, 4.69) is 15.2 Å². The van der Waals surface area contributed by atoms with Crippen LogP contribution in [0.2, 0.25) is 0 Å². The van der Waals surface area contributed by atoms with Crippen molar-refractivity contribution < 1.29 is 0 Å². The molecule has 2 heterocycles. The Labute approximate surface area is 56.2 Å². The molecular formula is C6H5N3O. The Kier molecular flexibility index (Phi) is 0.887. The summed E-state index contributed by atoms with van der Waals surface area (Å²) in [5, 5.41) is 5.03. The third kappa shape index (κ3) is 0.556. The Balaban J connectivity index is 2.93. The van der Waals surface area contributed by atoms with Gasteiger partial charge in [0, 0.05) is 18.0 Å². The number of rotatable bonds is 0. The summed E-state index contributed by atoms with van der Waals surface area (Å²) in [6, 6.07) is 1.78. The van der Waals surface area contributed by atoms with Crippen LogP contribution in [0.25, 0.3) is 11.3 Å². The summed E-state index contributed by atoms with van der Waals surface area (Å²) in [7, 11) is 0. The number of nitrogens with one attached hydrogen (secondary N) is 2. The first-order valence-electron chi connectivity index (χ1n) is 2.89. The fourth-order valence-corrected chi connectivity index (χ4v) is 0.890. The summed E-state index contributed by atoms with van der Waals surface area (Å²) >= 11 is 0. The van der Waals surface area contributed by atoms with Crippen molar-refractivity contribution in [3.05, 3.63) is 28.8 Å². The predicted octanol–water partition coefficient (Wildman–Crippen LogP) is 0.203. The minimum absolute atomic E-state index is 0.178. The Hall–Kier alpha value is -1.58. The molecule has 2 aliphatic heterocycles. The van der Waals surface area contributed by atoms with Gasteiger partial charge in [-0.15, -0.1) is 0 Å². The van der Waals surface area contributed by atoms with Crippen LogP contribution < -0.4 is 5.56 Å².